The lowest BCUT2D eigenvalue weighted by Gasteiger charge is -2.30. The van der Waals surface area contributed by atoms with Crippen LogP contribution in [0, 0.1) is 11.7 Å². The Hall–Kier alpha value is -2.66. The van der Waals surface area contributed by atoms with Gasteiger partial charge in [-0.05, 0) is 31.0 Å². The molecule has 3 rings (SSSR count). The molecule has 0 aromatic heterocycles. The number of piperidine rings is 1. The minimum atomic E-state index is -4.85. The van der Waals surface area contributed by atoms with Crippen LogP contribution < -0.4 is 10.1 Å². The number of hydrogen-bond donors (Lipinski definition) is 1. The van der Waals surface area contributed by atoms with Crippen LogP contribution in [0.5, 0.6) is 5.75 Å². The molecule has 1 aliphatic rings. The number of carbonyl (C=O) groups is 1. The normalized spacial score (nSPS) is 16.1. The zero-order valence-corrected chi connectivity index (χ0v) is 17.0. The van der Waals surface area contributed by atoms with Gasteiger partial charge < -0.3 is 10.1 Å². The van der Waals surface area contributed by atoms with Gasteiger partial charge in [-0.15, -0.1) is 13.2 Å². The Balaban J connectivity index is 1.58. The second kappa shape index (κ2) is 9.23. The third-order valence-electron chi connectivity index (χ3n) is 4.93. The number of alkyl halides is 3. The van der Waals surface area contributed by atoms with Gasteiger partial charge in [-0.1, -0.05) is 30.3 Å². The van der Waals surface area contributed by atoms with Gasteiger partial charge in [-0.2, -0.15) is 4.31 Å². The molecule has 1 N–H and O–H groups in total. The van der Waals surface area contributed by atoms with Crippen molar-refractivity contribution in [1.82, 2.24) is 9.62 Å². The first-order valence-electron chi connectivity index (χ1n) is 9.44. The minimum absolute atomic E-state index is 0.0303. The summed E-state index contributed by atoms with van der Waals surface area (Å²) >= 11 is 0. The number of halogens is 4. The average molecular weight is 460 g/mol. The lowest BCUT2D eigenvalue weighted by atomic mass is 9.97. The smallest absolute Gasteiger partial charge is 0.405 e. The highest BCUT2D eigenvalue weighted by atomic mass is 32.2. The molecule has 0 aliphatic carbocycles. The molecule has 1 amide bonds. The van der Waals surface area contributed by atoms with E-state index in [0.29, 0.717) is 0 Å². The van der Waals surface area contributed by atoms with Crippen molar-refractivity contribution in [3.63, 3.8) is 0 Å². The number of nitrogens with one attached hydrogen (secondary N) is 1. The van der Waals surface area contributed by atoms with Crippen LogP contribution in [-0.4, -0.2) is 38.1 Å². The number of nitrogens with zero attached hydrogens (tertiary/aromatic N) is 1. The summed E-state index contributed by atoms with van der Waals surface area (Å²) < 4.78 is 81.7. The van der Waals surface area contributed by atoms with E-state index in [1.54, 1.807) is 0 Å². The lowest BCUT2D eigenvalue weighted by Crippen LogP contribution is -2.43. The summed E-state index contributed by atoms with van der Waals surface area (Å²) in [6.07, 6.45) is -4.43. The number of rotatable bonds is 6. The van der Waals surface area contributed by atoms with Crippen molar-refractivity contribution < 1.29 is 35.5 Å². The second-order valence-corrected chi connectivity index (χ2v) is 8.89. The van der Waals surface area contributed by atoms with E-state index < -0.39 is 44.7 Å². The van der Waals surface area contributed by atoms with E-state index >= 15 is 0 Å². The van der Waals surface area contributed by atoms with Gasteiger partial charge in [0.1, 0.15) is 16.5 Å². The number of ether oxygens (including phenoxy) is 1. The first-order chi connectivity index (χ1) is 14.6. The van der Waals surface area contributed by atoms with Crippen molar-refractivity contribution in [3.8, 4) is 5.75 Å². The number of sulfonamides is 1. The number of hydrogen-bond acceptors (Lipinski definition) is 4. The van der Waals surface area contributed by atoms with Crippen LogP contribution in [0.3, 0.4) is 0 Å². The van der Waals surface area contributed by atoms with Crippen LogP contribution in [0.4, 0.5) is 17.6 Å². The predicted molar refractivity (Wildman–Crippen MR) is 103 cm³/mol. The Morgan fingerprint density at radius 3 is 2.32 bits per heavy atom. The molecule has 2 aromatic rings. The summed E-state index contributed by atoms with van der Waals surface area (Å²) in [6.45, 7) is -0.107. The van der Waals surface area contributed by atoms with Gasteiger partial charge in [-0.3, -0.25) is 4.79 Å². The van der Waals surface area contributed by atoms with Crippen molar-refractivity contribution in [2.45, 2.75) is 30.6 Å². The molecule has 1 saturated heterocycles. The topological polar surface area (TPSA) is 75.7 Å². The van der Waals surface area contributed by atoms with Crippen molar-refractivity contribution in [2.75, 3.05) is 13.1 Å². The summed E-state index contributed by atoms with van der Waals surface area (Å²) in [7, 11) is -4.02. The van der Waals surface area contributed by atoms with Crippen molar-refractivity contribution >= 4 is 15.9 Å². The zero-order chi connectivity index (χ0) is 22.6. The number of benzene rings is 2. The van der Waals surface area contributed by atoms with E-state index in [0.717, 1.165) is 16.4 Å². The molecule has 0 spiro atoms. The third-order valence-corrected chi connectivity index (χ3v) is 6.86. The molecule has 0 saturated carbocycles. The second-order valence-electron chi connectivity index (χ2n) is 6.98. The van der Waals surface area contributed by atoms with Gasteiger partial charge >= 0.3 is 6.36 Å². The molecular weight excluding hydrogens is 440 g/mol. The summed E-state index contributed by atoms with van der Waals surface area (Å²) in [5.41, 5.74) is 0.160. The van der Waals surface area contributed by atoms with Crippen LogP contribution in [0.25, 0.3) is 0 Å². The summed E-state index contributed by atoms with van der Waals surface area (Å²) in [6, 6.07) is 10.5. The maximum absolute atomic E-state index is 13.9. The highest BCUT2D eigenvalue weighted by molar-refractivity contribution is 7.89. The Morgan fingerprint density at radius 2 is 1.68 bits per heavy atom. The van der Waals surface area contributed by atoms with Crippen LogP contribution in [0.15, 0.2) is 53.4 Å². The van der Waals surface area contributed by atoms with Crippen LogP contribution in [0.2, 0.25) is 0 Å². The molecule has 1 aliphatic heterocycles. The largest absolute Gasteiger partial charge is 0.573 e. The molecule has 6 nitrogen and oxygen atoms in total. The number of carbonyl (C=O) groups excluding carboxylic acids is 1. The fourth-order valence-electron chi connectivity index (χ4n) is 3.35. The number of amides is 1. The minimum Gasteiger partial charge on any atom is -0.405 e. The first-order valence-corrected chi connectivity index (χ1v) is 10.9. The summed E-state index contributed by atoms with van der Waals surface area (Å²) in [5.74, 6) is -2.16. The van der Waals surface area contributed by atoms with E-state index in [2.05, 4.69) is 10.1 Å². The van der Waals surface area contributed by atoms with E-state index in [4.69, 9.17) is 0 Å². The fraction of sp³-hybridized carbons (Fsp3) is 0.350. The molecular formula is C20H20F4N2O4S. The van der Waals surface area contributed by atoms with Crippen LogP contribution >= 0.6 is 0 Å². The first kappa shape index (κ1) is 23.0. The van der Waals surface area contributed by atoms with E-state index in [1.165, 1.54) is 36.4 Å². The standard InChI is InChI=1S/C20H20F4N2O4S/c21-16-6-2-4-8-18(16)31(28,29)26-11-9-14(10-12-26)19(27)25-13-15-5-1-3-7-17(15)30-20(22,23)24/h1-8,14H,9-13H2,(H,25,27). The van der Waals surface area contributed by atoms with Crippen LogP contribution in [-0.2, 0) is 21.4 Å². The predicted octanol–water partition coefficient (Wildman–Crippen LogP) is 3.44. The molecule has 31 heavy (non-hydrogen) atoms. The van der Waals surface area contributed by atoms with Gasteiger partial charge in [0.2, 0.25) is 15.9 Å². The molecule has 1 fully saturated rings. The molecule has 0 atom stereocenters. The Kier molecular flexibility index (Phi) is 6.85. The van der Waals surface area contributed by atoms with E-state index in [9.17, 15) is 30.8 Å². The van der Waals surface area contributed by atoms with E-state index in [-0.39, 0.29) is 38.0 Å². The zero-order valence-electron chi connectivity index (χ0n) is 16.2. The quantitative estimate of drug-likeness (QED) is 0.671. The summed E-state index contributed by atoms with van der Waals surface area (Å²) in [4.78, 5) is 12.0. The average Bonchev–Trinajstić information content (AvgIpc) is 2.72. The van der Waals surface area contributed by atoms with Crippen molar-refractivity contribution in [1.29, 1.82) is 0 Å². The highest BCUT2D eigenvalue weighted by Crippen LogP contribution is 2.27. The summed E-state index contributed by atoms with van der Waals surface area (Å²) in [5, 5.41) is 2.57. The third kappa shape index (κ3) is 5.73. The highest BCUT2D eigenvalue weighted by Gasteiger charge is 2.34. The molecule has 11 heteroatoms. The van der Waals surface area contributed by atoms with Gasteiger partial charge in [0.15, 0.2) is 0 Å². The van der Waals surface area contributed by atoms with Crippen LogP contribution in [0.1, 0.15) is 18.4 Å². The molecule has 0 radical (unpaired) electrons. The van der Waals surface area contributed by atoms with Crippen molar-refractivity contribution in [2.24, 2.45) is 5.92 Å². The van der Waals surface area contributed by atoms with Gasteiger partial charge in [0, 0.05) is 31.1 Å². The fourth-order valence-corrected chi connectivity index (χ4v) is 4.89. The van der Waals surface area contributed by atoms with E-state index in [1.807, 2.05) is 0 Å². The van der Waals surface area contributed by atoms with Crippen molar-refractivity contribution in [3.05, 3.63) is 59.9 Å². The maximum Gasteiger partial charge on any atom is 0.573 e. The Labute approximate surface area is 176 Å². The lowest BCUT2D eigenvalue weighted by molar-refractivity contribution is -0.274. The molecule has 1 heterocycles. The molecule has 0 unspecified atom stereocenters. The monoisotopic (exact) mass is 460 g/mol. The van der Waals surface area contributed by atoms with Gasteiger partial charge in [0.25, 0.3) is 0 Å². The molecule has 2 aromatic carbocycles. The number of para-hydroxylation sites is 1. The van der Waals surface area contributed by atoms with Gasteiger partial charge in [-0.25, -0.2) is 12.8 Å². The Bertz CT molecular complexity index is 1040. The molecule has 168 valence electrons. The maximum atomic E-state index is 13.9. The SMILES string of the molecule is O=C(NCc1ccccc1OC(F)(F)F)C1CCN(S(=O)(=O)c2ccccc2F)CC1. The van der Waals surface area contributed by atoms with Gasteiger partial charge in [0.05, 0.1) is 0 Å². The Morgan fingerprint density at radius 1 is 1.06 bits per heavy atom. The molecule has 0 bridgehead atoms.